The number of nitrogens with one attached hydrogen (secondary N) is 2. The number of rotatable bonds is 5. The lowest BCUT2D eigenvalue weighted by Crippen LogP contribution is -2.09. The van der Waals surface area contributed by atoms with E-state index >= 15 is 0 Å². The van der Waals surface area contributed by atoms with Crippen LogP contribution in [0.5, 0.6) is 0 Å². The van der Waals surface area contributed by atoms with Gasteiger partial charge in [-0.15, -0.1) is 11.3 Å². The summed E-state index contributed by atoms with van der Waals surface area (Å²) in [4.78, 5) is 21.8. The highest BCUT2D eigenvalue weighted by atomic mass is 32.1. The third-order valence-electron chi connectivity index (χ3n) is 4.42. The van der Waals surface area contributed by atoms with Crippen LogP contribution in [0.2, 0.25) is 0 Å². The number of fused-ring (bicyclic) bond motifs is 1. The van der Waals surface area contributed by atoms with E-state index < -0.39 is 11.7 Å². The maximum Gasteiger partial charge on any atom is 0.247 e. The summed E-state index contributed by atoms with van der Waals surface area (Å²) in [6.45, 7) is 5.39. The van der Waals surface area contributed by atoms with Crippen LogP contribution in [-0.4, -0.2) is 20.4 Å². The molecule has 1 amide bonds. The van der Waals surface area contributed by atoms with E-state index in [4.69, 9.17) is 4.98 Å². The van der Waals surface area contributed by atoms with Crippen LogP contribution in [0, 0.1) is 12.7 Å². The number of halogens is 1. The summed E-state index contributed by atoms with van der Waals surface area (Å²) in [5.74, 6) is -0.376. The summed E-state index contributed by atoms with van der Waals surface area (Å²) in [7, 11) is 1.95. The molecule has 0 fully saturated rings. The molecule has 29 heavy (non-hydrogen) atoms. The van der Waals surface area contributed by atoms with Crippen molar-refractivity contribution in [1.29, 1.82) is 0 Å². The van der Waals surface area contributed by atoms with E-state index in [-0.39, 0.29) is 5.69 Å². The number of anilines is 3. The minimum atomic E-state index is -0.527. The van der Waals surface area contributed by atoms with Crippen LogP contribution in [0.4, 0.5) is 21.0 Å². The molecule has 6 nitrogen and oxygen atoms in total. The first-order chi connectivity index (χ1) is 13.9. The second-order valence-corrected chi connectivity index (χ2v) is 7.74. The number of benzene rings is 1. The van der Waals surface area contributed by atoms with Gasteiger partial charge in [-0.3, -0.25) is 4.79 Å². The van der Waals surface area contributed by atoms with Gasteiger partial charge in [0.1, 0.15) is 11.6 Å². The van der Waals surface area contributed by atoms with Crippen molar-refractivity contribution < 1.29 is 9.18 Å². The zero-order chi connectivity index (χ0) is 20.5. The van der Waals surface area contributed by atoms with Crippen LogP contribution < -0.4 is 10.6 Å². The first-order valence-corrected chi connectivity index (χ1v) is 9.65. The van der Waals surface area contributed by atoms with E-state index in [2.05, 4.69) is 22.2 Å². The molecule has 3 heterocycles. The minimum absolute atomic E-state index is 0.0761. The van der Waals surface area contributed by atoms with Gasteiger partial charge in [0.15, 0.2) is 5.13 Å². The molecule has 4 aromatic rings. The summed E-state index contributed by atoms with van der Waals surface area (Å²) in [6, 6.07) is 8.43. The Morgan fingerprint density at radius 1 is 1.31 bits per heavy atom. The number of amides is 1. The Kier molecular flexibility index (Phi) is 4.85. The van der Waals surface area contributed by atoms with Gasteiger partial charge in [0.25, 0.3) is 0 Å². The lowest BCUT2D eigenvalue weighted by molar-refractivity contribution is -0.111. The lowest BCUT2D eigenvalue weighted by Gasteiger charge is -2.11. The van der Waals surface area contributed by atoms with Crippen LogP contribution in [0.15, 0.2) is 55.4 Å². The second-order valence-electron chi connectivity index (χ2n) is 6.50. The quantitative estimate of drug-likeness (QED) is 0.456. The van der Waals surface area contributed by atoms with Gasteiger partial charge in [0.05, 0.1) is 16.9 Å². The fourth-order valence-corrected chi connectivity index (χ4v) is 3.69. The third kappa shape index (κ3) is 3.74. The lowest BCUT2D eigenvalue weighted by atomic mass is 10.1. The number of nitrogens with zero attached hydrogens (tertiary/aromatic N) is 3. The Morgan fingerprint density at radius 3 is 2.86 bits per heavy atom. The van der Waals surface area contributed by atoms with E-state index in [1.807, 2.05) is 36.9 Å². The number of aryl methyl sites for hydroxylation is 2. The van der Waals surface area contributed by atoms with Crippen molar-refractivity contribution >= 4 is 44.8 Å². The molecule has 8 heteroatoms. The summed E-state index contributed by atoms with van der Waals surface area (Å²) < 4.78 is 16.2. The molecule has 0 saturated heterocycles. The smallest absolute Gasteiger partial charge is 0.247 e. The highest BCUT2D eigenvalue weighted by Gasteiger charge is 2.14. The number of hydrogen-bond donors (Lipinski definition) is 2. The molecule has 3 aromatic heterocycles. The predicted molar refractivity (Wildman–Crippen MR) is 115 cm³/mol. The number of carbonyl (C=O) groups excluding carboxylic acids is 1. The van der Waals surface area contributed by atoms with Crippen molar-refractivity contribution in [2.45, 2.75) is 6.92 Å². The van der Waals surface area contributed by atoms with Gasteiger partial charge in [0.2, 0.25) is 5.91 Å². The van der Waals surface area contributed by atoms with Gasteiger partial charge < -0.3 is 15.2 Å². The number of carbonyl (C=O) groups is 1. The first-order valence-electron chi connectivity index (χ1n) is 8.83. The van der Waals surface area contributed by atoms with Gasteiger partial charge in [-0.05, 0) is 37.3 Å². The Labute approximate surface area is 170 Å². The SMILES string of the molecule is C=CC(=O)Nc1cc(-c2nc(Nc3ncc(C)s3)cc3c2ccn3C)ccc1F. The molecule has 0 aliphatic carbocycles. The minimum Gasteiger partial charge on any atom is -0.350 e. The fraction of sp³-hybridized carbons (Fsp3) is 0.0952. The zero-order valence-electron chi connectivity index (χ0n) is 15.9. The topological polar surface area (TPSA) is 71.8 Å². The third-order valence-corrected chi connectivity index (χ3v) is 5.25. The molecule has 0 aliphatic rings. The van der Waals surface area contributed by atoms with Crippen molar-refractivity contribution in [3.05, 3.63) is 66.1 Å². The maximum atomic E-state index is 14.2. The number of pyridine rings is 1. The summed E-state index contributed by atoms with van der Waals surface area (Å²) in [6.07, 6.45) is 4.83. The van der Waals surface area contributed by atoms with Crippen LogP contribution in [0.25, 0.3) is 22.2 Å². The molecule has 146 valence electrons. The standard InChI is InChI=1S/C21H18FN5OS/c1-4-19(28)24-16-9-13(5-6-15(16)22)20-14-7-8-27(3)17(14)10-18(25-20)26-21-23-11-12(2)29-21/h4-11H,1H2,2-3H3,(H,24,28)(H,23,25,26). The molecule has 0 atom stereocenters. The number of hydrogen-bond acceptors (Lipinski definition) is 5. The summed E-state index contributed by atoms with van der Waals surface area (Å²) >= 11 is 1.53. The van der Waals surface area contributed by atoms with Crippen LogP contribution in [0.1, 0.15) is 4.88 Å². The van der Waals surface area contributed by atoms with E-state index in [9.17, 15) is 9.18 Å². The van der Waals surface area contributed by atoms with Crippen molar-refractivity contribution in [3.8, 4) is 11.3 Å². The monoisotopic (exact) mass is 407 g/mol. The van der Waals surface area contributed by atoms with Crippen LogP contribution in [0.3, 0.4) is 0 Å². The summed E-state index contributed by atoms with van der Waals surface area (Å²) in [5.41, 5.74) is 2.40. The largest absolute Gasteiger partial charge is 0.350 e. The van der Waals surface area contributed by atoms with Gasteiger partial charge in [-0.2, -0.15) is 0 Å². The first kappa shape index (κ1) is 18.8. The molecule has 0 bridgehead atoms. The molecule has 0 aliphatic heterocycles. The molecule has 0 unspecified atom stereocenters. The Hall–Kier alpha value is -3.52. The Bertz CT molecular complexity index is 1240. The Morgan fingerprint density at radius 2 is 2.14 bits per heavy atom. The zero-order valence-corrected chi connectivity index (χ0v) is 16.7. The fourth-order valence-electron chi connectivity index (χ4n) is 3.02. The number of aromatic nitrogens is 3. The van der Waals surface area contributed by atoms with E-state index in [1.165, 1.54) is 17.4 Å². The molecule has 0 spiro atoms. The number of thiazole rings is 1. The van der Waals surface area contributed by atoms with Gasteiger partial charge in [0, 0.05) is 41.3 Å². The molecular weight excluding hydrogens is 389 g/mol. The normalized spacial score (nSPS) is 10.9. The van der Waals surface area contributed by atoms with Crippen molar-refractivity contribution in [1.82, 2.24) is 14.5 Å². The maximum absolute atomic E-state index is 14.2. The molecule has 0 saturated carbocycles. The average molecular weight is 407 g/mol. The molecule has 2 N–H and O–H groups in total. The molecule has 0 radical (unpaired) electrons. The average Bonchev–Trinajstić information content (AvgIpc) is 3.28. The van der Waals surface area contributed by atoms with Crippen molar-refractivity contribution in [3.63, 3.8) is 0 Å². The Balaban J connectivity index is 1.83. The highest BCUT2D eigenvalue weighted by Crippen LogP contribution is 2.33. The highest BCUT2D eigenvalue weighted by molar-refractivity contribution is 7.15. The van der Waals surface area contributed by atoms with Crippen molar-refractivity contribution in [2.75, 3.05) is 10.6 Å². The molecule has 4 rings (SSSR count). The predicted octanol–water partition coefficient (Wildman–Crippen LogP) is 5.01. The molecular formula is C21H18FN5OS. The summed E-state index contributed by atoms with van der Waals surface area (Å²) in [5, 5.41) is 7.39. The van der Waals surface area contributed by atoms with Gasteiger partial charge >= 0.3 is 0 Å². The van der Waals surface area contributed by atoms with E-state index in [0.29, 0.717) is 17.1 Å². The molecule has 1 aromatic carbocycles. The van der Waals surface area contributed by atoms with Gasteiger partial charge in [-0.25, -0.2) is 14.4 Å². The van der Waals surface area contributed by atoms with E-state index in [1.54, 1.807) is 18.3 Å². The second kappa shape index (κ2) is 7.48. The van der Waals surface area contributed by atoms with E-state index in [0.717, 1.165) is 27.0 Å². The van der Waals surface area contributed by atoms with Crippen LogP contribution >= 0.6 is 11.3 Å². The van der Waals surface area contributed by atoms with Crippen LogP contribution in [-0.2, 0) is 11.8 Å². The van der Waals surface area contributed by atoms with Gasteiger partial charge in [-0.1, -0.05) is 6.58 Å². The van der Waals surface area contributed by atoms with Crippen molar-refractivity contribution in [2.24, 2.45) is 7.05 Å².